The normalized spacial score (nSPS) is 10.8. The number of benzene rings is 1. The van der Waals surface area contributed by atoms with Crippen LogP contribution in [0.4, 0.5) is 0 Å². The van der Waals surface area contributed by atoms with Crippen LogP contribution in [0.25, 0.3) is 11.5 Å². The Balaban J connectivity index is 2.21. The van der Waals surface area contributed by atoms with Crippen LogP contribution in [0, 0.1) is 0 Å². The third-order valence-corrected chi connectivity index (χ3v) is 3.12. The lowest BCUT2D eigenvalue weighted by molar-refractivity contribution is 0.496. The Morgan fingerprint density at radius 3 is 2.71 bits per heavy atom. The zero-order valence-corrected chi connectivity index (χ0v) is 10.9. The topological polar surface area (TPSA) is 38.9 Å². The van der Waals surface area contributed by atoms with Gasteiger partial charge in [0.05, 0.1) is 10.0 Å². The Kier molecular flexibility index (Phi) is 4.02. The second-order valence-corrected chi connectivity index (χ2v) is 4.55. The molecule has 2 aromatic rings. The summed E-state index contributed by atoms with van der Waals surface area (Å²) in [5, 5.41) is 8.98. The van der Waals surface area contributed by atoms with Crippen LogP contribution < -0.4 is 0 Å². The van der Waals surface area contributed by atoms with Crippen molar-refractivity contribution in [2.75, 3.05) is 0 Å². The number of unbranched alkanes of at least 4 members (excludes halogenated alkanes) is 1. The summed E-state index contributed by atoms with van der Waals surface area (Å²) in [7, 11) is 0. The molecular weight excluding hydrogens is 259 g/mol. The molecule has 0 amide bonds. The standard InChI is InChI=1S/C12H12Cl2N2O/c1-2-3-4-11-15-16-12(17-11)8-5-6-9(13)10(14)7-8/h5-7H,2-4H2,1H3. The maximum Gasteiger partial charge on any atom is 0.247 e. The second kappa shape index (κ2) is 5.52. The summed E-state index contributed by atoms with van der Waals surface area (Å²) in [6.07, 6.45) is 2.96. The molecule has 0 atom stereocenters. The first-order valence-electron chi connectivity index (χ1n) is 5.48. The van der Waals surface area contributed by atoms with Gasteiger partial charge in [-0.2, -0.15) is 0 Å². The van der Waals surface area contributed by atoms with Gasteiger partial charge in [-0.05, 0) is 24.6 Å². The van der Waals surface area contributed by atoms with Gasteiger partial charge in [-0.1, -0.05) is 36.5 Å². The van der Waals surface area contributed by atoms with Gasteiger partial charge in [0.25, 0.3) is 0 Å². The summed E-state index contributed by atoms with van der Waals surface area (Å²) >= 11 is 11.8. The molecule has 1 aromatic carbocycles. The van der Waals surface area contributed by atoms with Crippen LogP contribution in [0.1, 0.15) is 25.7 Å². The first-order valence-corrected chi connectivity index (χ1v) is 6.24. The molecular formula is C12H12Cl2N2O. The van der Waals surface area contributed by atoms with Crippen LogP contribution in [0.3, 0.4) is 0 Å². The van der Waals surface area contributed by atoms with Crippen LogP contribution in [0.2, 0.25) is 10.0 Å². The highest BCUT2D eigenvalue weighted by atomic mass is 35.5. The van der Waals surface area contributed by atoms with Gasteiger partial charge >= 0.3 is 0 Å². The van der Waals surface area contributed by atoms with Gasteiger partial charge in [0, 0.05) is 12.0 Å². The Labute approximate surface area is 110 Å². The highest BCUT2D eigenvalue weighted by molar-refractivity contribution is 6.42. The SMILES string of the molecule is CCCCc1nnc(-c2ccc(Cl)c(Cl)c2)o1. The van der Waals surface area contributed by atoms with Crippen molar-refractivity contribution >= 4 is 23.2 Å². The molecule has 0 bridgehead atoms. The van der Waals surface area contributed by atoms with Crippen LogP contribution >= 0.6 is 23.2 Å². The molecule has 0 saturated carbocycles. The molecule has 17 heavy (non-hydrogen) atoms. The Bertz CT molecular complexity index is 511. The lowest BCUT2D eigenvalue weighted by Gasteiger charge is -1.97. The van der Waals surface area contributed by atoms with Crippen molar-refractivity contribution in [2.24, 2.45) is 0 Å². The van der Waals surface area contributed by atoms with Gasteiger partial charge in [-0.25, -0.2) is 0 Å². The summed E-state index contributed by atoms with van der Waals surface area (Å²) in [6, 6.07) is 5.25. The van der Waals surface area contributed by atoms with E-state index in [4.69, 9.17) is 27.6 Å². The first kappa shape index (κ1) is 12.4. The summed E-state index contributed by atoms with van der Waals surface area (Å²) in [5.74, 6) is 1.14. The smallest absolute Gasteiger partial charge is 0.247 e. The summed E-state index contributed by atoms with van der Waals surface area (Å²) in [4.78, 5) is 0. The largest absolute Gasteiger partial charge is 0.421 e. The lowest BCUT2D eigenvalue weighted by atomic mass is 10.2. The molecule has 1 heterocycles. The minimum absolute atomic E-state index is 0.481. The van der Waals surface area contributed by atoms with Crippen molar-refractivity contribution in [3.05, 3.63) is 34.1 Å². The summed E-state index contributed by atoms with van der Waals surface area (Å²) in [6.45, 7) is 2.12. The molecule has 3 nitrogen and oxygen atoms in total. The zero-order chi connectivity index (χ0) is 12.3. The number of aryl methyl sites for hydroxylation is 1. The third kappa shape index (κ3) is 2.99. The van der Waals surface area contributed by atoms with Gasteiger partial charge in [0.1, 0.15) is 0 Å². The monoisotopic (exact) mass is 270 g/mol. The van der Waals surface area contributed by atoms with E-state index < -0.39 is 0 Å². The molecule has 90 valence electrons. The molecule has 5 heteroatoms. The van der Waals surface area contributed by atoms with E-state index in [0.29, 0.717) is 21.8 Å². The highest BCUT2D eigenvalue weighted by Gasteiger charge is 2.09. The van der Waals surface area contributed by atoms with Gasteiger partial charge in [-0.3, -0.25) is 0 Å². The van der Waals surface area contributed by atoms with Gasteiger partial charge in [0.2, 0.25) is 11.8 Å². The molecule has 0 radical (unpaired) electrons. The quantitative estimate of drug-likeness (QED) is 0.827. The van der Waals surface area contributed by atoms with Crippen molar-refractivity contribution < 1.29 is 4.42 Å². The number of hydrogen-bond donors (Lipinski definition) is 0. The van der Waals surface area contributed by atoms with Crippen molar-refractivity contribution in [3.8, 4) is 11.5 Å². The van der Waals surface area contributed by atoms with Crippen LogP contribution in [-0.2, 0) is 6.42 Å². The highest BCUT2D eigenvalue weighted by Crippen LogP contribution is 2.27. The average molecular weight is 271 g/mol. The molecule has 0 spiro atoms. The fourth-order valence-electron chi connectivity index (χ4n) is 1.43. The average Bonchev–Trinajstić information content (AvgIpc) is 2.79. The van der Waals surface area contributed by atoms with E-state index in [1.54, 1.807) is 12.1 Å². The molecule has 2 rings (SSSR count). The first-order chi connectivity index (χ1) is 8.20. The van der Waals surface area contributed by atoms with E-state index in [9.17, 15) is 0 Å². The number of nitrogens with zero attached hydrogens (tertiary/aromatic N) is 2. The predicted octanol–water partition coefficient (Wildman–Crippen LogP) is 4.39. The van der Waals surface area contributed by atoms with E-state index in [1.165, 1.54) is 0 Å². The van der Waals surface area contributed by atoms with Crippen molar-refractivity contribution in [3.63, 3.8) is 0 Å². The van der Waals surface area contributed by atoms with E-state index in [1.807, 2.05) is 6.07 Å². The fraction of sp³-hybridized carbons (Fsp3) is 0.333. The molecule has 0 saturated heterocycles. The fourth-order valence-corrected chi connectivity index (χ4v) is 1.73. The van der Waals surface area contributed by atoms with Gasteiger partial charge in [0.15, 0.2) is 0 Å². The molecule has 0 aliphatic rings. The van der Waals surface area contributed by atoms with E-state index in [0.717, 1.165) is 24.8 Å². The minimum atomic E-state index is 0.481. The summed E-state index contributed by atoms with van der Waals surface area (Å²) in [5.41, 5.74) is 0.787. The second-order valence-electron chi connectivity index (χ2n) is 3.73. The third-order valence-electron chi connectivity index (χ3n) is 2.38. The number of hydrogen-bond acceptors (Lipinski definition) is 3. The van der Waals surface area contributed by atoms with Crippen molar-refractivity contribution in [1.82, 2.24) is 10.2 Å². The Morgan fingerprint density at radius 1 is 1.18 bits per heavy atom. The number of halogens is 2. The van der Waals surface area contributed by atoms with E-state index in [-0.39, 0.29) is 0 Å². The molecule has 0 aliphatic heterocycles. The Hall–Kier alpha value is -1.06. The number of aromatic nitrogens is 2. The Morgan fingerprint density at radius 2 is 2.00 bits per heavy atom. The predicted molar refractivity (Wildman–Crippen MR) is 68.4 cm³/mol. The molecule has 1 aromatic heterocycles. The van der Waals surface area contributed by atoms with Crippen LogP contribution in [0.5, 0.6) is 0 Å². The zero-order valence-electron chi connectivity index (χ0n) is 9.41. The lowest BCUT2D eigenvalue weighted by Crippen LogP contribution is -1.83. The van der Waals surface area contributed by atoms with Gasteiger partial charge in [-0.15, -0.1) is 10.2 Å². The molecule has 0 aliphatic carbocycles. The maximum absolute atomic E-state index is 5.93. The molecule has 0 unspecified atom stereocenters. The van der Waals surface area contributed by atoms with Crippen LogP contribution in [0.15, 0.2) is 22.6 Å². The molecule has 0 N–H and O–H groups in total. The summed E-state index contributed by atoms with van der Waals surface area (Å²) < 4.78 is 5.54. The molecule has 0 fully saturated rings. The minimum Gasteiger partial charge on any atom is -0.421 e. The van der Waals surface area contributed by atoms with Gasteiger partial charge < -0.3 is 4.42 Å². The van der Waals surface area contributed by atoms with Crippen molar-refractivity contribution in [1.29, 1.82) is 0 Å². The number of rotatable bonds is 4. The van der Waals surface area contributed by atoms with Crippen molar-refractivity contribution in [2.45, 2.75) is 26.2 Å². The van der Waals surface area contributed by atoms with Crippen LogP contribution in [-0.4, -0.2) is 10.2 Å². The van der Waals surface area contributed by atoms with E-state index in [2.05, 4.69) is 17.1 Å². The maximum atomic E-state index is 5.93. The van der Waals surface area contributed by atoms with E-state index >= 15 is 0 Å².